The zero-order valence-electron chi connectivity index (χ0n) is 11.4. The number of carbonyl (C=O) groups is 2. The van der Waals surface area contributed by atoms with E-state index < -0.39 is 0 Å². The second-order valence-electron chi connectivity index (χ2n) is 5.85. The highest BCUT2D eigenvalue weighted by atomic mass is 16.2. The normalized spacial score (nSPS) is 21.7. The number of rotatable bonds is 1. The number of amides is 3. The highest BCUT2D eigenvalue weighted by molar-refractivity contribution is 5.87. The molecule has 1 fully saturated rings. The molecular weight excluding hydrogens is 218 g/mol. The summed E-state index contributed by atoms with van der Waals surface area (Å²) in [5.74, 6) is 0.00200. The zero-order valence-corrected chi connectivity index (χ0v) is 11.4. The fourth-order valence-corrected chi connectivity index (χ4v) is 1.73. The van der Waals surface area contributed by atoms with Gasteiger partial charge in [-0.3, -0.25) is 4.79 Å². The average Bonchev–Trinajstić information content (AvgIpc) is 2.22. The third-order valence-electron chi connectivity index (χ3n) is 2.91. The smallest absolute Gasteiger partial charge is 0.318 e. The van der Waals surface area contributed by atoms with Gasteiger partial charge in [-0.05, 0) is 12.3 Å². The lowest BCUT2D eigenvalue weighted by atomic mass is 9.97. The van der Waals surface area contributed by atoms with Gasteiger partial charge in [0.2, 0.25) is 5.91 Å². The third-order valence-corrected chi connectivity index (χ3v) is 2.91. The van der Waals surface area contributed by atoms with Gasteiger partial charge in [-0.25, -0.2) is 4.79 Å². The van der Waals surface area contributed by atoms with Gasteiger partial charge in [0.25, 0.3) is 0 Å². The summed E-state index contributed by atoms with van der Waals surface area (Å²) in [6, 6.07) is -0.511. The van der Waals surface area contributed by atoms with Crippen LogP contribution in [0.1, 0.15) is 27.7 Å². The first-order valence-corrected chi connectivity index (χ1v) is 6.02. The van der Waals surface area contributed by atoms with Crippen LogP contribution >= 0.6 is 0 Å². The van der Waals surface area contributed by atoms with Crippen molar-refractivity contribution in [2.24, 2.45) is 5.41 Å². The van der Waals surface area contributed by atoms with Crippen LogP contribution in [-0.4, -0.2) is 54.5 Å². The van der Waals surface area contributed by atoms with Gasteiger partial charge in [-0.2, -0.15) is 0 Å². The number of piperazine rings is 1. The number of urea groups is 1. The van der Waals surface area contributed by atoms with Gasteiger partial charge < -0.3 is 15.1 Å². The molecule has 0 aromatic rings. The van der Waals surface area contributed by atoms with Crippen LogP contribution in [0.3, 0.4) is 0 Å². The maximum absolute atomic E-state index is 12.0. The lowest BCUT2D eigenvalue weighted by Gasteiger charge is -2.37. The van der Waals surface area contributed by atoms with Crippen LogP contribution in [0.4, 0.5) is 4.79 Å². The molecule has 1 aliphatic rings. The molecule has 1 heterocycles. The number of carbonyl (C=O) groups excluding carboxylic acids is 2. The number of nitrogens with one attached hydrogen (secondary N) is 1. The molecule has 1 saturated heterocycles. The minimum absolute atomic E-state index is 0.00200. The van der Waals surface area contributed by atoms with E-state index in [2.05, 4.69) is 26.1 Å². The predicted molar refractivity (Wildman–Crippen MR) is 66.7 cm³/mol. The summed E-state index contributed by atoms with van der Waals surface area (Å²) in [6.45, 7) is 9.77. The Balaban J connectivity index is 2.55. The molecule has 0 aromatic carbocycles. The van der Waals surface area contributed by atoms with E-state index >= 15 is 0 Å². The zero-order chi connectivity index (χ0) is 13.2. The second kappa shape index (κ2) is 4.94. The molecule has 0 saturated carbocycles. The Morgan fingerprint density at radius 2 is 2.00 bits per heavy atom. The van der Waals surface area contributed by atoms with Crippen molar-refractivity contribution in [3.63, 3.8) is 0 Å². The largest absolute Gasteiger partial charge is 0.342 e. The summed E-state index contributed by atoms with van der Waals surface area (Å²) in [6.07, 6.45) is 0. The van der Waals surface area contributed by atoms with E-state index in [1.54, 1.807) is 23.8 Å². The van der Waals surface area contributed by atoms with Crippen molar-refractivity contribution in [1.29, 1.82) is 0 Å². The maximum Gasteiger partial charge on any atom is 0.318 e. The standard InChI is InChI=1S/C12H23N3O2/c1-9-10(16)14(5)6-7-15(9)11(17)13-8-12(2,3)4/h9H,6-8H2,1-5H3,(H,13,17). The molecule has 17 heavy (non-hydrogen) atoms. The van der Waals surface area contributed by atoms with E-state index in [1.165, 1.54) is 0 Å². The van der Waals surface area contributed by atoms with E-state index in [0.29, 0.717) is 19.6 Å². The fourth-order valence-electron chi connectivity index (χ4n) is 1.73. The molecule has 0 aliphatic carbocycles. The van der Waals surface area contributed by atoms with Crippen LogP contribution < -0.4 is 5.32 Å². The van der Waals surface area contributed by atoms with Gasteiger partial charge in [0.15, 0.2) is 0 Å². The summed E-state index contributed by atoms with van der Waals surface area (Å²) in [5.41, 5.74) is 0.0511. The van der Waals surface area contributed by atoms with Crippen molar-refractivity contribution >= 4 is 11.9 Å². The maximum atomic E-state index is 12.0. The van der Waals surface area contributed by atoms with Crippen LogP contribution in [0.5, 0.6) is 0 Å². The van der Waals surface area contributed by atoms with Gasteiger partial charge in [0.1, 0.15) is 6.04 Å². The van der Waals surface area contributed by atoms with Crippen molar-refractivity contribution in [2.75, 3.05) is 26.7 Å². The Morgan fingerprint density at radius 1 is 1.41 bits per heavy atom. The van der Waals surface area contributed by atoms with Crippen molar-refractivity contribution in [3.8, 4) is 0 Å². The number of hydrogen-bond donors (Lipinski definition) is 1. The van der Waals surface area contributed by atoms with E-state index in [-0.39, 0.29) is 23.4 Å². The third kappa shape index (κ3) is 3.61. The van der Waals surface area contributed by atoms with Gasteiger partial charge in [0, 0.05) is 26.7 Å². The van der Waals surface area contributed by atoms with Gasteiger partial charge >= 0.3 is 6.03 Å². The minimum Gasteiger partial charge on any atom is -0.342 e. The molecule has 1 atom stereocenters. The summed E-state index contributed by atoms with van der Waals surface area (Å²) in [5, 5.41) is 2.87. The Kier molecular flexibility index (Phi) is 4.01. The van der Waals surface area contributed by atoms with Crippen molar-refractivity contribution in [1.82, 2.24) is 15.1 Å². The van der Waals surface area contributed by atoms with Crippen LogP contribution in [0, 0.1) is 5.41 Å². The molecule has 1 aliphatic heterocycles. The molecule has 1 unspecified atom stereocenters. The first-order valence-electron chi connectivity index (χ1n) is 6.02. The number of likely N-dealkylation sites (N-methyl/N-ethyl adjacent to an activating group) is 1. The molecule has 1 N–H and O–H groups in total. The minimum atomic E-state index is -0.367. The van der Waals surface area contributed by atoms with Gasteiger partial charge in [0.05, 0.1) is 0 Å². The quantitative estimate of drug-likeness (QED) is 0.741. The molecule has 1 rings (SSSR count). The Bertz CT molecular complexity index is 309. The SMILES string of the molecule is CC1C(=O)N(C)CCN1C(=O)NCC(C)(C)C. The Hall–Kier alpha value is -1.26. The summed E-state index contributed by atoms with van der Waals surface area (Å²) in [7, 11) is 1.77. The molecule has 0 radical (unpaired) electrons. The number of nitrogens with zero attached hydrogens (tertiary/aromatic N) is 2. The lowest BCUT2D eigenvalue weighted by Crippen LogP contribution is -2.59. The van der Waals surface area contributed by atoms with E-state index in [9.17, 15) is 9.59 Å². The summed E-state index contributed by atoms with van der Waals surface area (Å²) in [4.78, 5) is 27.0. The van der Waals surface area contributed by atoms with Crippen LogP contribution in [-0.2, 0) is 4.79 Å². The fraction of sp³-hybridized carbons (Fsp3) is 0.833. The van der Waals surface area contributed by atoms with Gasteiger partial charge in [-0.15, -0.1) is 0 Å². The van der Waals surface area contributed by atoms with Crippen LogP contribution in [0.15, 0.2) is 0 Å². The average molecular weight is 241 g/mol. The molecule has 0 bridgehead atoms. The summed E-state index contributed by atoms with van der Waals surface area (Å²) < 4.78 is 0. The molecule has 5 nitrogen and oxygen atoms in total. The first kappa shape index (κ1) is 13.8. The monoisotopic (exact) mass is 241 g/mol. The summed E-state index contributed by atoms with van der Waals surface area (Å²) >= 11 is 0. The highest BCUT2D eigenvalue weighted by Gasteiger charge is 2.32. The van der Waals surface area contributed by atoms with Crippen molar-refractivity contribution in [2.45, 2.75) is 33.7 Å². The molecular formula is C12H23N3O2. The van der Waals surface area contributed by atoms with E-state index in [1.807, 2.05) is 0 Å². The molecule has 0 spiro atoms. The Morgan fingerprint density at radius 3 is 2.53 bits per heavy atom. The van der Waals surface area contributed by atoms with Crippen molar-refractivity contribution in [3.05, 3.63) is 0 Å². The second-order valence-corrected chi connectivity index (χ2v) is 5.85. The highest BCUT2D eigenvalue weighted by Crippen LogP contribution is 2.13. The topological polar surface area (TPSA) is 52.7 Å². The van der Waals surface area contributed by atoms with Crippen LogP contribution in [0.25, 0.3) is 0 Å². The first-order chi connectivity index (χ1) is 7.72. The van der Waals surface area contributed by atoms with Crippen LogP contribution in [0.2, 0.25) is 0 Å². The molecule has 5 heteroatoms. The van der Waals surface area contributed by atoms with Crippen molar-refractivity contribution < 1.29 is 9.59 Å². The van der Waals surface area contributed by atoms with Gasteiger partial charge in [-0.1, -0.05) is 20.8 Å². The molecule has 0 aromatic heterocycles. The lowest BCUT2D eigenvalue weighted by molar-refractivity contribution is -0.137. The Labute approximate surface area is 103 Å². The number of hydrogen-bond acceptors (Lipinski definition) is 2. The van der Waals surface area contributed by atoms with E-state index in [0.717, 1.165) is 0 Å². The molecule has 3 amide bonds. The van der Waals surface area contributed by atoms with E-state index in [4.69, 9.17) is 0 Å². The predicted octanol–water partition coefficient (Wildman–Crippen LogP) is 0.905. The molecule has 98 valence electrons.